The summed E-state index contributed by atoms with van der Waals surface area (Å²) in [6.07, 6.45) is 5.44. The van der Waals surface area contributed by atoms with E-state index in [0.29, 0.717) is 25.0 Å². The van der Waals surface area contributed by atoms with Crippen molar-refractivity contribution in [1.29, 1.82) is 0 Å². The van der Waals surface area contributed by atoms with Crippen LogP contribution in [0.1, 0.15) is 32.1 Å². The van der Waals surface area contributed by atoms with E-state index >= 15 is 0 Å². The van der Waals surface area contributed by atoms with Crippen LogP contribution in [-0.2, 0) is 10.0 Å². The van der Waals surface area contributed by atoms with Gasteiger partial charge >= 0.3 is 0 Å². The standard InChI is InChI=1S/C17H34N6O2S/c1-21-8-6-14(7-9-21)23-12-15(11-19-23)26(24,25)20-16-5-3-4-13-10-18-22(2)17(13)16/h13-20H,3-12H2,1-2H3. The van der Waals surface area contributed by atoms with E-state index in [0.717, 1.165) is 45.3 Å². The highest BCUT2D eigenvalue weighted by molar-refractivity contribution is 7.90. The first-order valence-corrected chi connectivity index (χ1v) is 11.6. The highest BCUT2D eigenvalue weighted by Crippen LogP contribution is 2.31. The molecule has 4 rings (SSSR count). The van der Waals surface area contributed by atoms with E-state index in [1.807, 2.05) is 7.05 Å². The maximum atomic E-state index is 13.1. The Balaban J connectivity index is 1.36. The van der Waals surface area contributed by atoms with Crippen LogP contribution in [0.5, 0.6) is 0 Å². The third-order valence-electron chi connectivity index (χ3n) is 6.84. The van der Waals surface area contributed by atoms with Crippen LogP contribution < -0.4 is 15.6 Å². The first-order chi connectivity index (χ1) is 12.4. The molecular formula is C17H34N6O2S. The third-order valence-corrected chi connectivity index (χ3v) is 8.67. The summed E-state index contributed by atoms with van der Waals surface area (Å²) in [5, 5.41) is 3.95. The van der Waals surface area contributed by atoms with Crippen LogP contribution in [-0.4, -0.2) is 93.5 Å². The molecule has 4 fully saturated rings. The second-order valence-corrected chi connectivity index (χ2v) is 10.6. The van der Waals surface area contributed by atoms with E-state index in [1.165, 1.54) is 6.42 Å². The fraction of sp³-hybridized carbons (Fsp3) is 1.00. The van der Waals surface area contributed by atoms with Crippen LogP contribution in [0.25, 0.3) is 0 Å². The molecule has 0 spiro atoms. The topological polar surface area (TPSA) is 80.0 Å². The molecule has 0 radical (unpaired) electrons. The number of nitrogens with zero attached hydrogens (tertiary/aromatic N) is 3. The second kappa shape index (κ2) is 7.62. The van der Waals surface area contributed by atoms with Crippen molar-refractivity contribution in [3.8, 4) is 0 Å². The van der Waals surface area contributed by atoms with Crippen molar-refractivity contribution in [3.05, 3.63) is 0 Å². The van der Waals surface area contributed by atoms with Gasteiger partial charge in [-0.1, -0.05) is 6.42 Å². The van der Waals surface area contributed by atoms with E-state index < -0.39 is 10.0 Å². The normalized spacial score (nSPS) is 38.7. The number of hydrogen-bond donors (Lipinski definition) is 3. The Morgan fingerprint density at radius 2 is 1.77 bits per heavy atom. The number of nitrogens with one attached hydrogen (secondary N) is 3. The monoisotopic (exact) mass is 386 g/mol. The minimum Gasteiger partial charge on any atom is -0.306 e. The van der Waals surface area contributed by atoms with Gasteiger partial charge in [-0.25, -0.2) is 23.2 Å². The lowest BCUT2D eigenvalue weighted by atomic mass is 9.82. The summed E-state index contributed by atoms with van der Waals surface area (Å²) in [6.45, 7) is 4.26. The Hall–Kier alpha value is -0.290. The molecule has 3 saturated heterocycles. The molecule has 4 aliphatic rings. The minimum absolute atomic E-state index is 0.0242. The molecule has 0 aromatic heterocycles. The van der Waals surface area contributed by atoms with E-state index in [-0.39, 0.29) is 17.3 Å². The van der Waals surface area contributed by atoms with Crippen molar-refractivity contribution in [2.45, 2.75) is 55.5 Å². The molecule has 8 nitrogen and oxygen atoms in total. The zero-order valence-corrected chi connectivity index (χ0v) is 16.8. The number of piperidine rings is 1. The number of sulfonamides is 1. The largest absolute Gasteiger partial charge is 0.306 e. The van der Waals surface area contributed by atoms with Crippen LogP contribution in [0.4, 0.5) is 0 Å². The molecule has 0 bridgehead atoms. The number of rotatable bonds is 4. The van der Waals surface area contributed by atoms with Gasteiger partial charge < -0.3 is 4.90 Å². The SMILES string of the molecule is CN1CCC(N2CC(S(=O)(=O)NC3CCCC4CNN(C)C43)CN2)CC1. The lowest BCUT2D eigenvalue weighted by molar-refractivity contribution is 0.106. The molecule has 26 heavy (non-hydrogen) atoms. The highest BCUT2D eigenvalue weighted by Gasteiger charge is 2.44. The van der Waals surface area contributed by atoms with Crippen molar-refractivity contribution in [2.24, 2.45) is 5.92 Å². The van der Waals surface area contributed by atoms with Crippen LogP contribution in [0.2, 0.25) is 0 Å². The van der Waals surface area contributed by atoms with Crippen molar-refractivity contribution in [2.75, 3.05) is 46.8 Å². The van der Waals surface area contributed by atoms with Crippen LogP contribution in [0.3, 0.4) is 0 Å². The zero-order chi connectivity index (χ0) is 18.3. The van der Waals surface area contributed by atoms with Gasteiger partial charge in [-0.2, -0.15) is 0 Å². The third kappa shape index (κ3) is 3.80. The lowest BCUT2D eigenvalue weighted by Gasteiger charge is -2.37. The number of likely N-dealkylation sites (tertiary alicyclic amines) is 1. The first kappa shape index (κ1) is 19.0. The van der Waals surface area contributed by atoms with Gasteiger partial charge in [0.25, 0.3) is 0 Å². The molecule has 0 aromatic rings. The molecule has 4 unspecified atom stereocenters. The summed E-state index contributed by atoms with van der Waals surface area (Å²) in [4.78, 5) is 2.34. The predicted octanol–water partition coefficient (Wildman–Crippen LogP) is -0.824. The van der Waals surface area contributed by atoms with Crippen LogP contribution in [0, 0.1) is 5.92 Å². The average molecular weight is 387 g/mol. The minimum atomic E-state index is -3.32. The van der Waals surface area contributed by atoms with Crippen molar-refractivity contribution in [1.82, 2.24) is 30.5 Å². The Morgan fingerprint density at radius 3 is 2.54 bits per heavy atom. The summed E-state index contributed by atoms with van der Waals surface area (Å²) in [6, 6.07) is 0.754. The summed E-state index contributed by atoms with van der Waals surface area (Å²) in [5.41, 5.74) is 6.74. The van der Waals surface area contributed by atoms with Crippen molar-refractivity contribution < 1.29 is 8.42 Å². The highest BCUT2D eigenvalue weighted by atomic mass is 32.2. The van der Waals surface area contributed by atoms with Gasteiger partial charge in [0.15, 0.2) is 0 Å². The number of hydrazine groups is 2. The summed E-state index contributed by atoms with van der Waals surface area (Å²) in [5.74, 6) is 0.555. The lowest BCUT2D eigenvalue weighted by Crippen LogP contribution is -2.55. The molecule has 3 aliphatic heterocycles. The molecule has 9 heteroatoms. The van der Waals surface area contributed by atoms with Gasteiger partial charge in [0, 0.05) is 44.8 Å². The Kier molecular flexibility index (Phi) is 5.58. The molecule has 1 saturated carbocycles. The molecule has 4 atom stereocenters. The average Bonchev–Trinajstić information content (AvgIpc) is 3.24. The van der Waals surface area contributed by atoms with Gasteiger partial charge in [-0.15, -0.1) is 0 Å². The van der Waals surface area contributed by atoms with Crippen molar-refractivity contribution >= 4 is 10.0 Å². The molecule has 150 valence electrons. The molecule has 3 N–H and O–H groups in total. The molecule has 0 aromatic carbocycles. The van der Waals surface area contributed by atoms with Crippen LogP contribution in [0.15, 0.2) is 0 Å². The second-order valence-electron chi connectivity index (χ2n) is 8.60. The van der Waals surface area contributed by atoms with Crippen molar-refractivity contribution in [3.63, 3.8) is 0 Å². The fourth-order valence-corrected chi connectivity index (χ4v) is 6.76. The molecular weight excluding hydrogens is 352 g/mol. The van der Waals surface area contributed by atoms with Gasteiger partial charge in [0.2, 0.25) is 10.0 Å². The maximum Gasteiger partial charge on any atom is 0.217 e. The van der Waals surface area contributed by atoms with Gasteiger partial charge in [-0.05, 0) is 51.7 Å². The maximum absolute atomic E-state index is 13.1. The zero-order valence-electron chi connectivity index (χ0n) is 16.0. The summed E-state index contributed by atoms with van der Waals surface area (Å²) >= 11 is 0. The predicted molar refractivity (Wildman–Crippen MR) is 102 cm³/mol. The van der Waals surface area contributed by atoms with Gasteiger partial charge in [0.1, 0.15) is 5.25 Å². The quantitative estimate of drug-likeness (QED) is 0.582. The number of fused-ring (bicyclic) bond motifs is 1. The molecule has 0 amide bonds. The fourth-order valence-electron chi connectivity index (χ4n) is 5.24. The number of likely N-dealkylation sites (N-methyl/N-ethyl adjacent to an activating group) is 1. The van der Waals surface area contributed by atoms with E-state index in [2.05, 4.69) is 37.5 Å². The first-order valence-electron chi connectivity index (χ1n) is 10.1. The Labute approximate surface area is 157 Å². The summed E-state index contributed by atoms with van der Waals surface area (Å²) < 4.78 is 29.2. The molecule has 3 heterocycles. The van der Waals surface area contributed by atoms with E-state index in [4.69, 9.17) is 0 Å². The number of hydrogen-bond acceptors (Lipinski definition) is 7. The summed E-state index contributed by atoms with van der Waals surface area (Å²) in [7, 11) is 0.865. The Morgan fingerprint density at radius 1 is 1.00 bits per heavy atom. The molecule has 1 aliphatic carbocycles. The van der Waals surface area contributed by atoms with E-state index in [1.54, 1.807) is 0 Å². The van der Waals surface area contributed by atoms with E-state index in [9.17, 15) is 8.42 Å². The van der Waals surface area contributed by atoms with Crippen LogP contribution >= 0.6 is 0 Å². The van der Waals surface area contributed by atoms with Gasteiger partial charge in [-0.3, -0.25) is 10.9 Å². The smallest absolute Gasteiger partial charge is 0.217 e. The van der Waals surface area contributed by atoms with Gasteiger partial charge in [0.05, 0.1) is 0 Å². The Bertz CT molecular complexity index is 592.